The number of rotatable bonds is 5. The first kappa shape index (κ1) is 15.0. The molecule has 0 aliphatic carbocycles. The summed E-state index contributed by atoms with van der Waals surface area (Å²) in [5.74, 6) is -0.517. The summed E-state index contributed by atoms with van der Waals surface area (Å²) in [6.07, 6.45) is -4.12. The fourth-order valence-electron chi connectivity index (χ4n) is 2.08. The Bertz CT molecular complexity index is 321. The van der Waals surface area contributed by atoms with Crippen LogP contribution in [0.15, 0.2) is 0 Å². The lowest BCUT2D eigenvalue weighted by molar-refractivity contribution is -0.124. The molecule has 0 aromatic heterocycles. The van der Waals surface area contributed by atoms with Crippen molar-refractivity contribution in [1.82, 2.24) is 5.32 Å². The molecule has 0 spiro atoms. The molecule has 104 valence electrons. The number of ether oxygens (including phenoxy) is 1. The average Bonchev–Trinajstić information content (AvgIpc) is 2.55. The summed E-state index contributed by atoms with van der Waals surface area (Å²) < 4.78 is 5.36. The van der Waals surface area contributed by atoms with Crippen LogP contribution in [0.3, 0.4) is 0 Å². The minimum atomic E-state index is -1.26. The Kier molecular flexibility index (Phi) is 5.21. The molecule has 0 aromatic carbocycles. The molecule has 0 bridgehead atoms. The number of hydrogen-bond acceptors (Lipinski definition) is 6. The summed E-state index contributed by atoms with van der Waals surface area (Å²) in [6.45, 7) is 2.09. The third-order valence-corrected chi connectivity index (χ3v) is 2.86. The van der Waals surface area contributed by atoms with Crippen molar-refractivity contribution in [2.45, 2.75) is 50.7 Å². The van der Waals surface area contributed by atoms with Gasteiger partial charge in [-0.25, -0.2) is 0 Å². The number of aliphatic hydroxyl groups excluding tert-OH is 3. The molecule has 7 heteroatoms. The van der Waals surface area contributed by atoms with Crippen LogP contribution in [0, 0.1) is 0 Å². The van der Waals surface area contributed by atoms with Crippen LogP contribution in [0.4, 0.5) is 0 Å². The minimum absolute atomic E-state index is 0.0245. The Morgan fingerprint density at radius 2 is 2.00 bits per heavy atom. The second kappa shape index (κ2) is 6.24. The van der Waals surface area contributed by atoms with Gasteiger partial charge in [-0.3, -0.25) is 9.59 Å². The highest BCUT2D eigenvalue weighted by atomic mass is 16.5. The van der Waals surface area contributed by atoms with E-state index in [1.165, 1.54) is 13.8 Å². The smallest absolute Gasteiger partial charge is 0.217 e. The van der Waals surface area contributed by atoms with Crippen LogP contribution in [0.1, 0.15) is 20.3 Å². The molecule has 1 saturated heterocycles. The van der Waals surface area contributed by atoms with Crippen LogP contribution in [0.2, 0.25) is 0 Å². The van der Waals surface area contributed by atoms with Crippen LogP contribution in [-0.4, -0.2) is 64.1 Å². The van der Waals surface area contributed by atoms with Crippen molar-refractivity contribution in [2.75, 3.05) is 6.61 Å². The molecule has 1 aliphatic heterocycles. The van der Waals surface area contributed by atoms with E-state index >= 15 is 0 Å². The number of carbonyl (C=O) groups excluding carboxylic acids is 2. The molecular formula is C11H19NO6. The molecule has 1 aliphatic rings. The Labute approximate surface area is 105 Å². The summed E-state index contributed by atoms with van der Waals surface area (Å²) >= 11 is 0. The van der Waals surface area contributed by atoms with Crippen molar-refractivity contribution in [3.63, 3.8) is 0 Å². The summed E-state index contributed by atoms with van der Waals surface area (Å²) in [7, 11) is 0. The van der Waals surface area contributed by atoms with E-state index in [2.05, 4.69) is 5.32 Å². The Balaban J connectivity index is 2.80. The number of aliphatic hydroxyl groups is 3. The lowest BCUT2D eigenvalue weighted by Crippen LogP contribution is -2.49. The quantitative estimate of drug-likeness (QED) is 0.453. The highest BCUT2D eigenvalue weighted by molar-refractivity contribution is 5.77. The summed E-state index contributed by atoms with van der Waals surface area (Å²) in [5, 5.41) is 30.8. The van der Waals surface area contributed by atoms with Gasteiger partial charge in [0.05, 0.1) is 18.8 Å². The van der Waals surface area contributed by atoms with Crippen LogP contribution >= 0.6 is 0 Å². The molecule has 0 aromatic rings. The molecule has 4 N–H and O–H groups in total. The molecule has 1 amide bonds. The zero-order chi connectivity index (χ0) is 13.9. The number of Topliss-reactive ketones (excluding diaryl/α,β-unsaturated/α-hetero) is 1. The van der Waals surface area contributed by atoms with Gasteiger partial charge in [-0.1, -0.05) is 0 Å². The lowest BCUT2D eigenvalue weighted by Gasteiger charge is -2.21. The zero-order valence-electron chi connectivity index (χ0n) is 10.4. The first-order chi connectivity index (χ1) is 8.36. The molecule has 1 heterocycles. The summed E-state index contributed by atoms with van der Waals surface area (Å²) in [6, 6.07) is -0.766. The van der Waals surface area contributed by atoms with Crippen LogP contribution < -0.4 is 5.32 Å². The van der Waals surface area contributed by atoms with Crippen molar-refractivity contribution in [3.8, 4) is 0 Å². The predicted molar refractivity (Wildman–Crippen MR) is 60.7 cm³/mol. The van der Waals surface area contributed by atoms with Gasteiger partial charge in [0.1, 0.15) is 24.1 Å². The largest absolute Gasteiger partial charge is 0.394 e. The standard InChI is InChI=1S/C11H19NO6/c1-5(14)3-8-9(12-6(2)15)10(17)11(18-8)7(16)4-13/h7-11,13,16-17H,3-4H2,1-2H3,(H,12,15)/t7-,8-,9+,10-,11+/m1/s1. The van der Waals surface area contributed by atoms with E-state index in [9.17, 15) is 19.8 Å². The maximum atomic E-state index is 11.1. The molecule has 1 rings (SSSR count). The van der Waals surface area contributed by atoms with E-state index < -0.39 is 37.1 Å². The van der Waals surface area contributed by atoms with Gasteiger partial charge >= 0.3 is 0 Å². The predicted octanol–water partition coefficient (Wildman–Crippen LogP) is -2.05. The van der Waals surface area contributed by atoms with Crippen LogP contribution in [-0.2, 0) is 14.3 Å². The fraction of sp³-hybridized carbons (Fsp3) is 0.818. The summed E-state index contributed by atoms with van der Waals surface area (Å²) in [4.78, 5) is 22.1. The van der Waals surface area contributed by atoms with Crippen molar-refractivity contribution in [2.24, 2.45) is 0 Å². The van der Waals surface area contributed by atoms with Crippen molar-refractivity contribution in [3.05, 3.63) is 0 Å². The van der Waals surface area contributed by atoms with Crippen LogP contribution in [0.5, 0.6) is 0 Å². The molecule has 7 nitrogen and oxygen atoms in total. The fourth-order valence-corrected chi connectivity index (χ4v) is 2.08. The van der Waals surface area contributed by atoms with Gasteiger partial charge in [0.25, 0.3) is 0 Å². The van der Waals surface area contributed by atoms with Gasteiger partial charge in [0, 0.05) is 13.3 Å². The Morgan fingerprint density at radius 3 is 2.44 bits per heavy atom. The maximum absolute atomic E-state index is 11.1. The van der Waals surface area contributed by atoms with E-state index in [1.54, 1.807) is 0 Å². The van der Waals surface area contributed by atoms with Crippen molar-refractivity contribution < 1.29 is 29.6 Å². The molecule has 18 heavy (non-hydrogen) atoms. The second-order valence-corrected chi connectivity index (χ2v) is 4.51. The number of amides is 1. The van der Waals surface area contributed by atoms with E-state index in [1.807, 2.05) is 0 Å². The lowest BCUT2D eigenvalue weighted by atomic mass is 9.99. The minimum Gasteiger partial charge on any atom is -0.394 e. The average molecular weight is 261 g/mol. The number of nitrogens with one attached hydrogen (secondary N) is 1. The van der Waals surface area contributed by atoms with Gasteiger partial charge < -0.3 is 25.4 Å². The topological polar surface area (TPSA) is 116 Å². The van der Waals surface area contributed by atoms with Gasteiger partial charge in [0.15, 0.2) is 0 Å². The van der Waals surface area contributed by atoms with Gasteiger partial charge in [-0.15, -0.1) is 0 Å². The molecular weight excluding hydrogens is 242 g/mol. The SMILES string of the molecule is CC(=O)C[C@H]1O[C@@H]([C@H](O)CO)[C@H](O)[C@H]1NC(C)=O. The monoisotopic (exact) mass is 261 g/mol. The highest BCUT2D eigenvalue weighted by Gasteiger charge is 2.47. The molecule has 0 saturated carbocycles. The molecule has 0 unspecified atom stereocenters. The first-order valence-corrected chi connectivity index (χ1v) is 5.75. The molecule has 0 radical (unpaired) electrons. The maximum Gasteiger partial charge on any atom is 0.217 e. The van der Waals surface area contributed by atoms with Gasteiger partial charge in [-0.2, -0.15) is 0 Å². The third kappa shape index (κ3) is 3.49. The number of hydrogen-bond donors (Lipinski definition) is 4. The van der Waals surface area contributed by atoms with Gasteiger partial charge in [0.2, 0.25) is 5.91 Å². The molecule has 5 atom stereocenters. The number of ketones is 1. The molecule has 1 fully saturated rings. The normalized spacial score (nSPS) is 33.2. The van der Waals surface area contributed by atoms with Crippen molar-refractivity contribution in [1.29, 1.82) is 0 Å². The second-order valence-electron chi connectivity index (χ2n) is 4.51. The van der Waals surface area contributed by atoms with E-state index in [0.29, 0.717) is 0 Å². The third-order valence-electron chi connectivity index (χ3n) is 2.86. The zero-order valence-corrected chi connectivity index (χ0v) is 10.4. The van der Waals surface area contributed by atoms with Crippen LogP contribution in [0.25, 0.3) is 0 Å². The van der Waals surface area contributed by atoms with E-state index in [4.69, 9.17) is 9.84 Å². The highest BCUT2D eigenvalue weighted by Crippen LogP contribution is 2.26. The Morgan fingerprint density at radius 1 is 1.39 bits per heavy atom. The summed E-state index contributed by atoms with van der Waals surface area (Å²) in [5.41, 5.74) is 0. The Hall–Kier alpha value is -1.02. The first-order valence-electron chi connectivity index (χ1n) is 5.75. The van der Waals surface area contributed by atoms with Crippen molar-refractivity contribution >= 4 is 11.7 Å². The van der Waals surface area contributed by atoms with Gasteiger partial charge in [-0.05, 0) is 6.92 Å². The van der Waals surface area contributed by atoms with E-state index in [0.717, 1.165) is 0 Å². The number of carbonyl (C=O) groups is 2. The van der Waals surface area contributed by atoms with E-state index in [-0.39, 0.29) is 18.1 Å².